The normalized spacial score (nSPS) is 23.6. The average molecular weight is 411 g/mol. The van der Waals surface area contributed by atoms with Crippen LogP contribution < -0.4 is 10.6 Å². The number of amides is 2. The second-order valence-corrected chi connectivity index (χ2v) is 8.51. The number of likely N-dealkylation sites (tertiary alicyclic amines) is 1. The third-order valence-corrected chi connectivity index (χ3v) is 6.36. The van der Waals surface area contributed by atoms with Crippen LogP contribution in [0.2, 0.25) is 5.02 Å². The van der Waals surface area contributed by atoms with Crippen molar-refractivity contribution >= 4 is 34.4 Å². The van der Waals surface area contributed by atoms with Crippen molar-refractivity contribution in [3.8, 4) is 0 Å². The molecule has 0 atom stereocenters. The molecular formula is C19H21ClF2N4O2. The Labute approximate surface area is 165 Å². The topological polar surface area (TPSA) is 70.4 Å². The number of hydrogen-bond acceptors (Lipinski definition) is 4. The van der Waals surface area contributed by atoms with Gasteiger partial charge < -0.3 is 15.1 Å². The monoisotopic (exact) mass is 410 g/mol. The molecule has 3 heterocycles. The van der Waals surface area contributed by atoms with Crippen LogP contribution in [-0.4, -0.2) is 34.9 Å². The molecule has 9 heteroatoms. The van der Waals surface area contributed by atoms with E-state index in [4.69, 9.17) is 16.0 Å². The van der Waals surface area contributed by atoms with E-state index in [1.807, 2.05) is 0 Å². The number of alkyl halides is 2. The zero-order valence-electron chi connectivity index (χ0n) is 15.3. The lowest BCUT2D eigenvalue weighted by molar-refractivity contribution is 0.0109. The minimum Gasteiger partial charge on any atom is -0.439 e. The van der Waals surface area contributed by atoms with Crippen LogP contribution in [0.15, 0.2) is 10.5 Å². The quantitative estimate of drug-likeness (QED) is 0.758. The largest absolute Gasteiger partial charge is 0.439 e. The maximum Gasteiger partial charge on any atom is 0.319 e. The molecule has 0 bridgehead atoms. The van der Waals surface area contributed by atoms with Crippen molar-refractivity contribution in [2.45, 2.75) is 56.5 Å². The van der Waals surface area contributed by atoms with Crippen LogP contribution in [0.4, 0.5) is 19.3 Å². The minimum absolute atomic E-state index is 0.145. The van der Waals surface area contributed by atoms with Crippen LogP contribution in [0.5, 0.6) is 0 Å². The van der Waals surface area contributed by atoms with Gasteiger partial charge in [-0.05, 0) is 18.9 Å². The molecule has 2 aromatic rings. The van der Waals surface area contributed by atoms with Crippen molar-refractivity contribution in [1.29, 1.82) is 0 Å². The second kappa shape index (κ2) is 6.29. The fourth-order valence-corrected chi connectivity index (χ4v) is 5.06. The standard InChI is InChI=1S/C19H21ClF2N4O2/c20-11-8-12-16(28-13(23-12)9-26-7-6-19(21,22)10-26)14-15(11)24-17(27)25-18(14)4-2-1-3-5-18/h8H,1-7,9-10H2,(H2,24,25,27). The molecule has 2 N–H and O–H groups in total. The summed E-state index contributed by atoms with van der Waals surface area (Å²) in [5.74, 6) is -2.27. The van der Waals surface area contributed by atoms with Gasteiger partial charge >= 0.3 is 6.03 Å². The zero-order valence-corrected chi connectivity index (χ0v) is 16.0. The number of urea groups is 1. The van der Waals surface area contributed by atoms with Gasteiger partial charge in [0.1, 0.15) is 5.52 Å². The molecule has 5 rings (SSSR count). The third kappa shape index (κ3) is 2.93. The first kappa shape index (κ1) is 18.1. The molecule has 2 amide bonds. The van der Waals surface area contributed by atoms with E-state index in [9.17, 15) is 13.6 Å². The van der Waals surface area contributed by atoms with Crippen LogP contribution in [0, 0.1) is 0 Å². The number of carbonyl (C=O) groups is 1. The summed E-state index contributed by atoms with van der Waals surface area (Å²) < 4.78 is 33.1. The molecule has 0 unspecified atom stereocenters. The van der Waals surface area contributed by atoms with Gasteiger partial charge in [0.2, 0.25) is 5.89 Å². The van der Waals surface area contributed by atoms with Gasteiger partial charge in [-0.15, -0.1) is 0 Å². The highest BCUT2D eigenvalue weighted by Crippen LogP contribution is 2.48. The van der Waals surface area contributed by atoms with Gasteiger partial charge in [0, 0.05) is 18.5 Å². The number of fused-ring (bicyclic) bond motifs is 4. The number of rotatable bonds is 2. The third-order valence-electron chi connectivity index (χ3n) is 6.06. The summed E-state index contributed by atoms with van der Waals surface area (Å²) in [6.45, 7) is 0.252. The Hall–Kier alpha value is -1.93. The predicted molar refractivity (Wildman–Crippen MR) is 101 cm³/mol. The number of carbonyl (C=O) groups excluding carboxylic acids is 1. The van der Waals surface area contributed by atoms with Gasteiger partial charge in [-0.1, -0.05) is 30.9 Å². The second-order valence-electron chi connectivity index (χ2n) is 8.10. The molecule has 3 aliphatic rings. The van der Waals surface area contributed by atoms with Crippen molar-refractivity contribution in [2.75, 3.05) is 18.4 Å². The minimum atomic E-state index is -2.66. The summed E-state index contributed by atoms with van der Waals surface area (Å²) >= 11 is 6.47. The van der Waals surface area contributed by atoms with Crippen molar-refractivity contribution in [3.63, 3.8) is 0 Å². The van der Waals surface area contributed by atoms with Crippen molar-refractivity contribution in [1.82, 2.24) is 15.2 Å². The van der Waals surface area contributed by atoms with E-state index in [-0.39, 0.29) is 25.5 Å². The van der Waals surface area contributed by atoms with Gasteiger partial charge in [0.15, 0.2) is 5.58 Å². The van der Waals surface area contributed by atoms with Crippen LogP contribution in [0.25, 0.3) is 11.1 Å². The average Bonchev–Trinajstić information content (AvgIpc) is 3.17. The number of halogens is 3. The molecule has 1 aromatic heterocycles. The SMILES string of the molecule is O=C1Nc2c(Cl)cc3nc(CN4CCC(F)(F)C4)oc3c2C2(CCCCC2)N1. The summed E-state index contributed by atoms with van der Waals surface area (Å²) in [4.78, 5) is 18.4. The Morgan fingerprint density at radius 3 is 2.75 bits per heavy atom. The first-order valence-electron chi connectivity index (χ1n) is 9.67. The molecule has 6 nitrogen and oxygen atoms in total. The highest BCUT2D eigenvalue weighted by molar-refractivity contribution is 6.35. The molecule has 2 fully saturated rings. The fraction of sp³-hybridized carbons (Fsp3) is 0.579. The van der Waals surface area contributed by atoms with Crippen LogP contribution in [0.3, 0.4) is 0 Å². The Morgan fingerprint density at radius 2 is 2.04 bits per heavy atom. The molecule has 0 radical (unpaired) electrons. The Balaban J connectivity index is 1.58. The first-order chi connectivity index (χ1) is 13.4. The molecule has 2 aliphatic heterocycles. The number of aromatic nitrogens is 1. The van der Waals surface area contributed by atoms with Gasteiger partial charge in [-0.25, -0.2) is 18.6 Å². The molecule has 28 heavy (non-hydrogen) atoms. The first-order valence-corrected chi connectivity index (χ1v) is 10.0. The van der Waals surface area contributed by atoms with Crippen molar-refractivity contribution in [2.24, 2.45) is 0 Å². The predicted octanol–water partition coefficient (Wildman–Crippen LogP) is 4.62. The van der Waals surface area contributed by atoms with Gasteiger partial charge in [0.05, 0.1) is 29.3 Å². The Kier molecular flexibility index (Phi) is 4.07. The smallest absolute Gasteiger partial charge is 0.319 e. The molecule has 1 saturated heterocycles. The summed E-state index contributed by atoms with van der Waals surface area (Å²) in [7, 11) is 0. The number of nitrogens with zero attached hydrogens (tertiary/aromatic N) is 2. The maximum atomic E-state index is 13.5. The zero-order chi connectivity index (χ0) is 19.5. The lowest BCUT2D eigenvalue weighted by Gasteiger charge is -2.42. The summed E-state index contributed by atoms with van der Waals surface area (Å²) in [6, 6.07) is 1.40. The maximum absolute atomic E-state index is 13.5. The number of benzene rings is 1. The number of anilines is 1. The molecule has 1 spiro atoms. The Bertz CT molecular complexity index is 955. The van der Waals surface area contributed by atoms with Crippen LogP contribution >= 0.6 is 11.6 Å². The van der Waals surface area contributed by atoms with E-state index in [2.05, 4.69) is 15.6 Å². The molecule has 1 aromatic carbocycles. The highest BCUT2D eigenvalue weighted by Gasteiger charge is 2.44. The molecular weight excluding hydrogens is 390 g/mol. The number of nitrogens with one attached hydrogen (secondary N) is 2. The van der Waals surface area contributed by atoms with Crippen LogP contribution in [0.1, 0.15) is 50.0 Å². The van der Waals surface area contributed by atoms with E-state index >= 15 is 0 Å². The number of hydrogen-bond donors (Lipinski definition) is 2. The number of oxazole rings is 1. The molecule has 150 valence electrons. The van der Waals surface area contributed by atoms with E-state index < -0.39 is 11.5 Å². The Morgan fingerprint density at radius 1 is 1.25 bits per heavy atom. The molecule has 1 saturated carbocycles. The van der Waals surface area contributed by atoms with E-state index in [1.54, 1.807) is 11.0 Å². The van der Waals surface area contributed by atoms with Gasteiger partial charge in [-0.2, -0.15) is 0 Å². The van der Waals surface area contributed by atoms with Crippen molar-refractivity contribution in [3.05, 3.63) is 22.5 Å². The lowest BCUT2D eigenvalue weighted by Crippen LogP contribution is -2.52. The summed E-state index contributed by atoms with van der Waals surface area (Å²) in [5, 5.41) is 6.31. The van der Waals surface area contributed by atoms with Crippen molar-refractivity contribution < 1.29 is 18.0 Å². The summed E-state index contributed by atoms with van der Waals surface area (Å²) in [6.07, 6.45) is 4.58. The molecule has 1 aliphatic carbocycles. The fourth-order valence-electron chi connectivity index (χ4n) is 4.81. The lowest BCUT2D eigenvalue weighted by atomic mass is 9.74. The van der Waals surface area contributed by atoms with Gasteiger partial charge in [0.25, 0.3) is 5.92 Å². The summed E-state index contributed by atoms with van der Waals surface area (Å²) in [5.41, 5.74) is 2.04. The van der Waals surface area contributed by atoms with E-state index in [0.717, 1.165) is 37.7 Å². The van der Waals surface area contributed by atoms with E-state index in [1.165, 1.54) is 0 Å². The highest BCUT2D eigenvalue weighted by atomic mass is 35.5. The van der Waals surface area contributed by atoms with E-state index in [0.29, 0.717) is 34.2 Å². The van der Waals surface area contributed by atoms with Gasteiger partial charge in [-0.3, -0.25) is 4.90 Å². The van der Waals surface area contributed by atoms with Crippen LogP contribution in [-0.2, 0) is 12.1 Å².